The van der Waals surface area contributed by atoms with Crippen LogP contribution in [0.4, 0.5) is 5.69 Å². The van der Waals surface area contributed by atoms with Crippen molar-refractivity contribution in [2.75, 3.05) is 25.0 Å². The first-order valence-electron chi connectivity index (χ1n) is 8.69. The number of terminal acetylenes is 1. The van der Waals surface area contributed by atoms with Crippen molar-refractivity contribution in [3.63, 3.8) is 0 Å². The van der Waals surface area contributed by atoms with Crippen LogP contribution in [0.3, 0.4) is 0 Å². The van der Waals surface area contributed by atoms with Gasteiger partial charge in [0.15, 0.2) is 0 Å². The first-order valence-corrected chi connectivity index (χ1v) is 8.69. The standard InChI is InChI=1S/C16H22N2O.C6H4/c1-6-14-10-9-12(4)16(13(14)5)17-15(19)11-18(7-2)8-3;1-2-5-4-6(5)3-1/h1,9-10H,7-8,11H2,2-5H3,(H,17,19);1-4H. The Balaban J connectivity index is 0.000000306. The molecule has 0 aromatic heterocycles. The number of aryl methyl sites for hydroxylation is 1. The van der Waals surface area contributed by atoms with Crippen LogP contribution < -0.4 is 5.32 Å². The minimum Gasteiger partial charge on any atom is -0.324 e. The van der Waals surface area contributed by atoms with E-state index in [-0.39, 0.29) is 5.91 Å². The number of hydrogen-bond acceptors (Lipinski definition) is 2. The quantitative estimate of drug-likeness (QED) is 0.708. The van der Waals surface area contributed by atoms with Gasteiger partial charge in [0.25, 0.3) is 0 Å². The van der Waals surface area contributed by atoms with Crippen LogP contribution in [0.2, 0.25) is 0 Å². The average Bonchev–Trinajstić information content (AvgIpc) is 3.22. The molecular weight excluding hydrogens is 308 g/mol. The Morgan fingerprint density at radius 3 is 2.20 bits per heavy atom. The van der Waals surface area contributed by atoms with Crippen molar-refractivity contribution in [1.82, 2.24) is 4.90 Å². The first kappa shape index (κ1) is 18.8. The summed E-state index contributed by atoms with van der Waals surface area (Å²) in [6.07, 6.45) is 5.45. The van der Waals surface area contributed by atoms with Gasteiger partial charge in [-0.2, -0.15) is 0 Å². The minimum absolute atomic E-state index is 0.00377. The lowest BCUT2D eigenvalue weighted by atomic mass is 10.0. The second kappa shape index (κ2) is 8.50. The maximum atomic E-state index is 12.0. The highest BCUT2D eigenvalue weighted by Gasteiger charge is 2.12. The zero-order valence-electron chi connectivity index (χ0n) is 15.5. The molecule has 0 aliphatic heterocycles. The SMILES string of the molecule is C#Cc1ccc(C)c(NC(=O)CN(CC)CC)c1C.c1cc2cc-2c1. The second-order valence-electron chi connectivity index (χ2n) is 6.16. The normalized spacial score (nSPS) is 10.6. The van der Waals surface area contributed by atoms with Crippen molar-refractivity contribution < 1.29 is 4.79 Å². The van der Waals surface area contributed by atoms with Gasteiger partial charge in [0.2, 0.25) is 5.91 Å². The fourth-order valence-electron chi connectivity index (χ4n) is 2.70. The monoisotopic (exact) mass is 334 g/mol. The summed E-state index contributed by atoms with van der Waals surface area (Å²) in [4.78, 5) is 14.1. The van der Waals surface area contributed by atoms with Gasteiger partial charge in [-0.3, -0.25) is 9.69 Å². The van der Waals surface area contributed by atoms with Gasteiger partial charge in [0.05, 0.1) is 6.54 Å². The largest absolute Gasteiger partial charge is 0.324 e. The van der Waals surface area contributed by atoms with E-state index >= 15 is 0 Å². The summed E-state index contributed by atoms with van der Waals surface area (Å²) in [6, 6.07) is 12.3. The van der Waals surface area contributed by atoms with E-state index in [9.17, 15) is 4.79 Å². The van der Waals surface area contributed by atoms with Gasteiger partial charge >= 0.3 is 0 Å². The number of amides is 1. The van der Waals surface area contributed by atoms with Crippen LogP contribution in [-0.2, 0) is 4.79 Å². The molecule has 3 rings (SSSR count). The fourth-order valence-corrected chi connectivity index (χ4v) is 2.70. The number of benzene rings is 2. The van der Waals surface area contributed by atoms with Crippen LogP contribution in [0.1, 0.15) is 30.5 Å². The molecule has 2 aliphatic carbocycles. The highest BCUT2D eigenvalue weighted by atomic mass is 16.2. The van der Waals surface area contributed by atoms with Gasteiger partial charge in [-0.1, -0.05) is 44.0 Å². The molecule has 0 spiro atoms. The second-order valence-corrected chi connectivity index (χ2v) is 6.16. The Labute approximate surface area is 151 Å². The zero-order valence-corrected chi connectivity index (χ0v) is 15.5. The van der Waals surface area contributed by atoms with E-state index in [4.69, 9.17) is 6.42 Å². The number of hydrogen-bond donors (Lipinski definition) is 1. The van der Waals surface area contributed by atoms with Gasteiger partial charge in [0.1, 0.15) is 0 Å². The van der Waals surface area contributed by atoms with Gasteiger partial charge in [-0.15, -0.1) is 6.42 Å². The Morgan fingerprint density at radius 2 is 1.76 bits per heavy atom. The lowest BCUT2D eigenvalue weighted by molar-refractivity contribution is -0.117. The van der Waals surface area contributed by atoms with Gasteiger partial charge in [-0.05, 0) is 61.3 Å². The lowest BCUT2D eigenvalue weighted by Gasteiger charge is -2.19. The Morgan fingerprint density at radius 1 is 1.12 bits per heavy atom. The van der Waals surface area contributed by atoms with E-state index in [1.807, 2.05) is 39.8 Å². The van der Waals surface area contributed by atoms with Crippen molar-refractivity contribution in [3.05, 3.63) is 53.1 Å². The highest BCUT2D eigenvalue weighted by Crippen LogP contribution is 2.32. The molecular formula is C22H26N2O. The maximum absolute atomic E-state index is 12.0. The van der Waals surface area contributed by atoms with E-state index < -0.39 is 0 Å². The van der Waals surface area contributed by atoms with Crippen molar-refractivity contribution in [1.29, 1.82) is 0 Å². The summed E-state index contributed by atoms with van der Waals surface area (Å²) in [5, 5.41) is 2.98. The summed E-state index contributed by atoms with van der Waals surface area (Å²) in [7, 11) is 0. The number of rotatable bonds is 5. The van der Waals surface area contributed by atoms with Gasteiger partial charge < -0.3 is 5.32 Å². The van der Waals surface area contributed by atoms with E-state index in [1.165, 1.54) is 11.1 Å². The van der Waals surface area contributed by atoms with Crippen LogP contribution in [0.5, 0.6) is 0 Å². The molecule has 0 saturated carbocycles. The molecule has 2 aliphatic rings. The lowest BCUT2D eigenvalue weighted by Crippen LogP contribution is -2.33. The van der Waals surface area contributed by atoms with Crippen LogP contribution in [0.15, 0.2) is 36.4 Å². The maximum Gasteiger partial charge on any atom is 0.238 e. The molecule has 0 unspecified atom stereocenters. The minimum atomic E-state index is 0.00377. The van der Waals surface area contributed by atoms with Crippen molar-refractivity contribution in [2.24, 2.45) is 0 Å². The third-order valence-electron chi connectivity index (χ3n) is 4.47. The number of nitrogens with zero attached hydrogens (tertiary/aromatic N) is 1. The zero-order chi connectivity index (χ0) is 18.4. The van der Waals surface area contributed by atoms with Crippen molar-refractivity contribution >= 4 is 11.6 Å². The van der Waals surface area contributed by atoms with Gasteiger partial charge in [0, 0.05) is 11.3 Å². The molecule has 0 bridgehead atoms. The number of likely N-dealkylation sites (N-methyl/N-ethyl adjacent to an activating group) is 1. The van der Waals surface area contributed by atoms with Crippen LogP contribution >= 0.6 is 0 Å². The topological polar surface area (TPSA) is 32.3 Å². The summed E-state index contributed by atoms with van der Waals surface area (Å²) < 4.78 is 0. The predicted octanol–water partition coefficient (Wildman–Crippen LogP) is 4.23. The Kier molecular flexibility index (Phi) is 6.38. The highest BCUT2D eigenvalue weighted by molar-refractivity contribution is 5.94. The molecule has 1 amide bonds. The molecule has 0 saturated heterocycles. The third kappa shape index (κ3) is 4.95. The van der Waals surface area contributed by atoms with Crippen LogP contribution in [0, 0.1) is 26.2 Å². The van der Waals surface area contributed by atoms with Gasteiger partial charge in [-0.25, -0.2) is 0 Å². The Hall–Kier alpha value is -2.57. The third-order valence-corrected chi connectivity index (χ3v) is 4.47. The summed E-state index contributed by atoms with van der Waals surface area (Å²) in [5.74, 6) is 2.64. The molecule has 3 heteroatoms. The van der Waals surface area contributed by atoms with E-state index in [2.05, 4.69) is 40.4 Å². The molecule has 3 nitrogen and oxygen atoms in total. The van der Waals surface area contributed by atoms with E-state index in [0.717, 1.165) is 35.5 Å². The number of anilines is 1. The Bertz CT molecular complexity index is 781. The average molecular weight is 334 g/mol. The van der Waals surface area contributed by atoms with E-state index in [1.54, 1.807) is 0 Å². The molecule has 0 atom stereocenters. The molecule has 1 N–H and O–H groups in total. The summed E-state index contributed by atoms with van der Waals surface area (Å²) in [5.41, 5.74) is 6.50. The molecule has 130 valence electrons. The van der Waals surface area contributed by atoms with Crippen LogP contribution in [-0.4, -0.2) is 30.4 Å². The first-order chi connectivity index (χ1) is 12.0. The molecule has 1 aromatic carbocycles. The number of carbonyl (C=O) groups excluding carboxylic acids is 1. The van der Waals surface area contributed by atoms with Crippen molar-refractivity contribution in [3.8, 4) is 23.5 Å². The number of nitrogens with one attached hydrogen (secondary N) is 1. The summed E-state index contributed by atoms with van der Waals surface area (Å²) >= 11 is 0. The molecule has 0 fully saturated rings. The molecule has 0 radical (unpaired) electrons. The molecule has 25 heavy (non-hydrogen) atoms. The fraction of sp³-hybridized carbons (Fsp3) is 0.318. The molecule has 1 aromatic rings. The predicted molar refractivity (Wildman–Crippen MR) is 106 cm³/mol. The van der Waals surface area contributed by atoms with Crippen LogP contribution in [0.25, 0.3) is 11.1 Å². The summed E-state index contributed by atoms with van der Waals surface area (Å²) in [6.45, 7) is 10.2. The molecule has 0 heterocycles. The smallest absolute Gasteiger partial charge is 0.238 e. The number of carbonyl (C=O) groups is 1. The van der Waals surface area contributed by atoms with Crippen molar-refractivity contribution in [2.45, 2.75) is 27.7 Å². The number of fused-ring (bicyclic) bond motifs is 1. The van der Waals surface area contributed by atoms with E-state index in [0.29, 0.717) is 6.54 Å².